The van der Waals surface area contributed by atoms with E-state index in [1.807, 2.05) is 6.07 Å². The van der Waals surface area contributed by atoms with Crippen LogP contribution in [0.15, 0.2) is 24.5 Å². The maximum Gasteiger partial charge on any atom is 0.147 e. The van der Waals surface area contributed by atoms with Crippen LogP contribution in [0.1, 0.15) is 17.0 Å². The summed E-state index contributed by atoms with van der Waals surface area (Å²) in [6.07, 6.45) is 1.80. The van der Waals surface area contributed by atoms with Crippen LogP contribution in [0.5, 0.6) is 5.75 Å². The van der Waals surface area contributed by atoms with Gasteiger partial charge in [0.2, 0.25) is 0 Å². The minimum Gasteiger partial charge on any atom is -0.496 e. The number of methoxy groups -OCH3 is 1. The smallest absolute Gasteiger partial charge is 0.147 e. The summed E-state index contributed by atoms with van der Waals surface area (Å²) in [4.78, 5) is 2.37. The standard InChI is InChI=1S/C14H19N5O/c1-20-13-3-2-11(6-12(13)7-15)8-18-4-5-19-10-16-17-14(19)9-18/h2-3,6,10H,4-5,7-9,15H2,1H3. The third-order valence-electron chi connectivity index (χ3n) is 3.69. The van der Waals surface area contributed by atoms with Gasteiger partial charge in [-0.2, -0.15) is 0 Å². The lowest BCUT2D eigenvalue weighted by atomic mass is 10.1. The number of nitrogens with zero attached hydrogens (tertiary/aromatic N) is 4. The molecule has 0 fully saturated rings. The van der Waals surface area contributed by atoms with Crippen molar-refractivity contribution in [2.75, 3.05) is 13.7 Å². The maximum absolute atomic E-state index is 5.76. The molecule has 0 unspecified atom stereocenters. The molecule has 1 aliphatic heterocycles. The average molecular weight is 273 g/mol. The van der Waals surface area contributed by atoms with Gasteiger partial charge >= 0.3 is 0 Å². The van der Waals surface area contributed by atoms with E-state index < -0.39 is 0 Å². The van der Waals surface area contributed by atoms with Crippen molar-refractivity contribution in [2.45, 2.75) is 26.2 Å². The van der Waals surface area contributed by atoms with Crippen molar-refractivity contribution in [2.24, 2.45) is 5.73 Å². The maximum atomic E-state index is 5.76. The van der Waals surface area contributed by atoms with Crippen LogP contribution in [0.3, 0.4) is 0 Å². The van der Waals surface area contributed by atoms with E-state index in [0.717, 1.165) is 43.3 Å². The lowest BCUT2D eigenvalue weighted by Gasteiger charge is -2.27. The Balaban J connectivity index is 1.72. The molecule has 0 amide bonds. The van der Waals surface area contributed by atoms with Crippen LogP contribution < -0.4 is 10.5 Å². The fraction of sp³-hybridized carbons (Fsp3) is 0.429. The Labute approximate surface area is 118 Å². The Morgan fingerprint density at radius 3 is 3.05 bits per heavy atom. The molecule has 2 aromatic rings. The summed E-state index contributed by atoms with van der Waals surface area (Å²) >= 11 is 0. The van der Waals surface area contributed by atoms with Crippen molar-refractivity contribution in [1.82, 2.24) is 19.7 Å². The molecule has 1 aromatic heterocycles. The van der Waals surface area contributed by atoms with Gasteiger partial charge in [-0.25, -0.2) is 0 Å². The second-order valence-corrected chi connectivity index (χ2v) is 5.00. The van der Waals surface area contributed by atoms with E-state index in [0.29, 0.717) is 6.54 Å². The van der Waals surface area contributed by atoms with Crippen molar-refractivity contribution >= 4 is 0 Å². The van der Waals surface area contributed by atoms with Gasteiger partial charge in [0.25, 0.3) is 0 Å². The second kappa shape index (κ2) is 5.60. The van der Waals surface area contributed by atoms with E-state index in [1.165, 1.54) is 5.56 Å². The first-order valence-corrected chi connectivity index (χ1v) is 6.75. The molecular formula is C14H19N5O. The van der Waals surface area contributed by atoms with Gasteiger partial charge in [0.15, 0.2) is 0 Å². The molecule has 0 bridgehead atoms. The van der Waals surface area contributed by atoms with E-state index in [-0.39, 0.29) is 0 Å². The number of rotatable bonds is 4. The van der Waals surface area contributed by atoms with Crippen molar-refractivity contribution in [3.63, 3.8) is 0 Å². The van der Waals surface area contributed by atoms with Gasteiger partial charge in [0, 0.05) is 31.7 Å². The number of aromatic nitrogens is 3. The van der Waals surface area contributed by atoms with Gasteiger partial charge in [-0.1, -0.05) is 6.07 Å². The van der Waals surface area contributed by atoms with E-state index in [1.54, 1.807) is 13.4 Å². The summed E-state index contributed by atoms with van der Waals surface area (Å²) in [7, 11) is 1.67. The molecule has 0 atom stereocenters. The molecule has 0 aliphatic carbocycles. The number of nitrogens with two attached hydrogens (primary N) is 1. The van der Waals surface area contributed by atoms with E-state index in [4.69, 9.17) is 10.5 Å². The fourth-order valence-corrected chi connectivity index (χ4v) is 2.60. The van der Waals surface area contributed by atoms with Crippen LogP contribution in [0.2, 0.25) is 0 Å². The van der Waals surface area contributed by atoms with Gasteiger partial charge in [0.1, 0.15) is 17.9 Å². The predicted octanol–water partition coefficient (Wildman–Crippen LogP) is 0.761. The molecule has 0 radical (unpaired) electrons. The van der Waals surface area contributed by atoms with Crippen molar-refractivity contribution in [1.29, 1.82) is 0 Å². The molecule has 0 saturated carbocycles. The Bertz CT molecular complexity index is 595. The normalized spacial score (nSPS) is 15.1. The highest BCUT2D eigenvalue weighted by Crippen LogP contribution is 2.21. The van der Waals surface area contributed by atoms with E-state index in [2.05, 4.69) is 31.8 Å². The summed E-state index contributed by atoms with van der Waals surface area (Å²) in [6.45, 7) is 4.18. The number of ether oxygens (including phenoxy) is 1. The minimum absolute atomic E-state index is 0.491. The first-order valence-electron chi connectivity index (χ1n) is 6.75. The van der Waals surface area contributed by atoms with E-state index in [9.17, 15) is 0 Å². The monoisotopic (exact) mass is 273 g/mol. The lowest BCUT2D eigenvalue weighted by molar-refractivity contribution is 0.208. The van der Waals surface area contributed by atoms with Gasteiger partial charge in [-0.15, -0.1) is 10.2 Å². The SMILES string of the molecule is COc1ccc(CN2CCn3cnnc3C2)cc1CN. The fourth-order valence-electron chi connectivity index (χ4n) is 2.60. The van der Waals surface area contributed by atoms with Crippen LogP contribution in [-0.4, -0.2) is 33.3 Å². The molecule has 106 valence electrons. The van der Waals surface area contributed by atoms with Crippen molar-refractivity contribution in [3.8, 4) is 5.75 Å². The molecule has 3 rings (SSSR count). The zero-order valence-corrected chi connectivity index (χ0v) is 11.6. The number of hydrogen-bond donors (Lipinski definition) is 1. The van der Waals surface area contributed by atoms with Gasteiger partial charge in [0.05, 0.1) is 13.7 Å². The predicted molar refractivity (Wildman–Crippen MR) is 75.0 cm³/mol. The van der Waals surface area contributed by atoms with Gasteiger partial charge in [-0.3, -0.25) is 4.90 Å². The van der Waals surface area contributed by atoms with Crippen molar-refractivity contribution in [3.05, 3.63) is 41.5 Å². The summed E-state index contributed by atoms with van der Waals surface area (Å²) in [5, 5.41) is 8.09. The molecule has 2 heterocycles. The molecule has 2 N–H and O–H groups in total. The van der Waals surface area contributed by atoms with Crippen LogP contribution in [0.4, 0.5) is 0 Å². The second-order valence-electron chi connectivity index (χ2n) is 5.00. The summed E-state index contributed by atoms with van der Waals surface area (Å²) in [5.41, 5.74) is 8.06. The van der Waals surface area contributed by atoms with Crippen LogP contribution >= 0.6 is 0 Å². The molecule has 1 aromatic carbocycles. The third-order valence-corrected chi connectivity index (χ3v) is 3.69. The molecule has 0 saturated heterocycles. The summed E-state index contributed by atoms with van der Waals surface area (Å²) in [5.74, 6) is 1.89. The van der Waals surface area contributed by atoms with Crippen LogP contribution in [0, 0.1) is 0 Å². The number of hydrogen-bond acceptors (Lipinski definition) is 5. The van der Waals surface area contributed by atoms with E-state index >= 15 is 0 Å². The zero-order valence-electron chi connectivity index (χ0n) is 11.6. The number of benzene rings is 1. The molecule has 20 heavy (non-hydrogen) atoms. The average Bonchev–Trinajstić information content (AvgIpc) is 2.94. The molecule has 6 heteroatoms. The molecule has 0 spiro atoms. The zero-order chi connectivity index (χ0) is 13.9. The Kier molecular flexibility index (Phi) is 3.66. The minimum atomic E-state index is 0.491. The Morgan fingerprint density at radius 2 is 2.25 bits per heavy atom. The van der Waals surface area contributed by atoms with Crippen LogP contribution in [-0.2, 0) is 26.2 Å². The highest BCUT2D eigenvalue weighted by molar-refractivity contribution is 5.37. The summed E-state index contributed by atoms with van der Waals surface area (Å²) < 4.78 is 7.41. The molecular weight excluding hydrogens is 254 g/mol. The lowest BCUT2D eigenvalue weighted by Crippen LogP contribution is -2.33. The van der Waals surface area contributed by atoms with Crippen LogP contribution in [0.25, 0.3) is 0 Å². The highest BCUT2D eigenvalue weighted by Gasteiger charge is 2.17. The van der Waals surface area contributed by atoms with Gasteiger partial charge < -0.3 is 15.0 Å². The first kappa shape index (κ1) is 13.1. The first-order chi connectivity index (χ1) is 9.80. The third kappa shape index (κ3) is 2.52. The quantitative estimate of drug-likeness (QED) is 0.890. The topological polar surface area (TPSA) is 69.2 Å². The number of fused-ring (bicyclic) bond motifs is 1. The highest BCUT2D eigenvalue weighted by atomic mass is 16.5. The Morgan fingerprint density at radius 1 is 1.35 bits per heavy atom. The van der Waals surface area contributed by atoms with Crippen molar-refractivity contribution < 1.29 is 4.74 Å². The molecule has 6 nitrogen and oxygen atoms in total. The summed E-state index contributed by atoms with van der Waals surface area (Å²) in [6, 6.07) is 6.21. The van der Waals surface area contributed by atoms with Gasteiger partial charge in [-0.05, 0) is 17.7 Å². The largest absolute Gasteiger partial charge is 0.496 e. The Hall–Kier alpha value is -1.92. The molecule has 1 aliphatic rings.